The van der Waals surface area contributed by atoms with Gasteiger partial charge in [0, 0.05) is 10.6 Å². The molecular formula is C16H15ClN2O2. The van der Waals surface area contributed by atoms with Crippen LogP contribution >= 0.6 is 11.6 Å². The summed E-state index contributed by atoms with van der Waals surface area (Å²) in [6.45, 7) is 0. The molecule has 0 bridgehead atoms. The third kappa shape index (κ3) is 2.85. The van der Waals surface area contributed by atoms with Crippen LogP contribution in [0.1, 0.15) is 46.6 Å². The lowest BCUT2D eigenvalue weighted by atomic mass is 10.0. The first-order valence-corrected chi connectivity index (χ1v) is 7.30. The Labute approximate surface area is 127 Å². The second kappa shape index (κ2) is 5.74. The number of H-pyrrole nitrogens is 1. The van der Waals surface area contributed by atoms with Gasteiger partial charge in [-0.2, -0.15) is 5.10 Å². The van der Waals surface area contributed by atoms with Crippen molar-refractivity contribution in [3.63, 3.8) is 0 Å². The molecule has 0 radical (unpaired) electrons. The van der Waals surface area contributed by atoms with Crippen LogP contribution in [0.3, 0.4) is 0 Å². The van der Waals surface area contributed by atoms with Crippen molar-refractivity contribution >= 4 is 29.2 Å². The van der Waals surface area contributed by atoms with Crippen LogP contribution in [0.5, 0.6) is 0 Å². The Bertz CT molecular complexity index is 719. The van der Waals surface area contributed by atoms with Gasteiger partial charge < -0.3 is 5.11 Å². The molecule has 3 rings (SSSR count). The van der Waals surface area contributed by atoms with Gasteiger partial charge >= 0.3 is 5.97 Å². The summed E-state index contributed by atoms with van der Waals surface area (Å²) in [6.07, 6.45) is 5.69. The highest BCUT2D eigenvalue weighted by atomic mass is 35.5. The summed E-state index contributed by atoms with van der Waals surface area (Å²) in [5.74, 6) is -0.951. The molecule has 1 heterocycles. The molecule has 0 atom stereocenters. The van der Waals surface area contributed by atoms with E-state index in [2.05, 4.69) is 10.2 Å². The number of nitrogens with zero attached hydrogens (tertiary/aromatic N) is 1. The molecule has 0 saturated heterocycles. The maximum Gasteiger partial charge on any atom is 0.354 e. The first kappa shape index (κ1) is 13.9. The van der Waals surface area contributed by atoms with E-state index in [9.17, 15) is 9.90 Å². The second-order valence-electron chi connectivity index (χ2n) is 5.16. The molecule has 0 unspecified atom stereocenters. The third-order valence-corrected chi connectivity index (χ3v) is 3.93. The number of aromatic amines is 1. The van der Waals surface area contributed by atoms with Crippen molar-refractivity contribution in [2.75, 3.05) is 0 Å². The molecule has 108 valence electrons. The van der Waals surface area contributed by atoms with E-state index in [1.54, 1.807) is 0 Å². The maximum atomic E-state index is 11.2. The van der Waals surface area contributed by atoms with Gasteiger partial charge in [-0.05, 0) is 55.0 Å². The lowest BCUT2D eigenvalue weighted by Gasteiger charge is -2.03. The Morgan fingerprint density at radius 3 is 2.90 bits per heavy atom. The predicted molar refractivity (Wildman–Crippen MR) is 82.4 cm³/mol. The lowest BCUT2D eigenvalue weighted by molar-refractivity contribution is 0.0689. The molecule has 0 amide bonds. The van der Waals surface area contributed by atoms with Gasteiger partial charge in [-0.25, -0.2) is 4.79 Å². The third-order valence-electron chi connectivity index (χ3n) is 3.70. The van der Waals surface area contributed by atoms with Crippen LogP contribution < -0.4 is 0 Å². The molecule has 1 aromatic carbocycles. The smallest absolute Gasteiger partial charge is 0.354 e. The molecule has 21 heavy (non-hydrogen) atoms. The van der Waals surface area contributed by atoms with E-state index in [-0.39, 0.29) is 5.69 Å². The second-order valence-corrected chi connectivity index (χ2v) is 5.60. The molecule has 2 aromatic rings. The van der Waals surface area contributed by atoms with E-state index in [4.69, 9.17) is 11.6 Å². The van der Waals surface area contributed by atoms with Gasteiger partial charge in [-0.3, -0.25) is 5.10 Å². The molecule has 0 fully saturated rings. The summed E-state index contributed by atoms with van der Waals surface area (Å²) < 4.78 is 0. The van der Waals surface area contributed by atoms with E-state index in [0.717, 1.165) is 48.1 Å². The highest BCUT2D eigenvalue weighted by Gasteiger charge is 2.22. The fourth-order valence-corrected chi connectivity index (χ4v) is 2.92. The monoisotopic (exact) mass is 302 g/mol. The van der Waals surface area contributed by atoms with Gasteiger partial charge in [0.05, 0.1) is 5.69 Å². The molecule has 1 aliphatic carbocycles. The number of hydrogen-bond donors (Lipinski definition) is 2. The zero-order valence-electron chi connectivity index (χ0n) is 11.4. The van der Waals surface area contributed by atoms with E-state index in [0.29, 0.717) is 5.02 Å². The van der Waals surface area contributed by atoms with E-state index < -0.39 is 5.97 Å². The Hall–Kier alpha value is -2.07. The summed E-state index contributed by atoms with van der Waals surface area (Å²) in [5.41, 5.74) is 3.88. The number of fused-ring (bicyclic) bond motifs is 1. The summed E-state index contributed by atoms with van der Waals surface area (Å²) in [4.78, 5) is 11.2. The van der Waals surface area contributed by atoms with Crippen LogP contribution in [0, 0.1) is 0 Å². The molecule has 0 spiro atoms. The highest BCUT2D eigenvalue weighted by molar-refractivity contribution is 6.30. The summed E-state index contributed by atoms with van der Waals surface area (Å²) in [7, 11) is 0. The number of nitrogens with one attached hydrogen (secondary N) is 1. The summed E-state index contributed by atoms with van der Waals surface area (Å²) in [5, 5.41) is 16.8. The number of aromatic carboxylic acids is 1. The molecular weight excluding hydrogens is 288 g/mol. The largest absolute Gasteiger partial charge is 0.477 e. The first-order valence-electron chi connectivity index (χ1n) is 6.92. The molecule has 4 nitrogen and oxygen atoms in total. The fourth-order valence-electron chi connectivity index (χ4n) is 2.72. The van der Waals surface area contributed by atoms with Crippen molar-refractivity contribution < 1.29 is 9.90 Å². The standard InChI is InChI=1S/C16H15ClN2O2/c17-12-6-3-4-10(9-12)8-11-5-1-2-7-13-14(11)18-19-15(13)16(20)21/h3-4,6,8-9H,1-2,5,7H2,(H,18,19)(H,20,21)/b11-8+. The number of allylic oxidation sites excluding steroid dienone is 1. The molecule has 2 N–H and O–H groups in total. The molecule has 1 aromatic heterocycles. The maximum absolute atomic E-state index is 11.2. The average molecular weight is 303 g/mol. The average Bonchev–Trinajstić information content (AvgIpc) is 2.77. The number of halogens is 1. The van der Waals surface area contributed by atoms with Crippen LogP contribution in [0.4, 0.5) is 0 Å². The lowest BCUT2D eigenvalue weighted by Crippen LogP contribution is -2.01. The minimum absolute atomic E-state index is 0.212. The van der Waals surface area contributed by atoms with Crippen molar-refractivity contribution in [2.45, 2.75) is 25.7 Å². The van der Waals surface area contributed by atoms with Crippen molar-refractivity contribution in [2.24, 2.45) is 0 Å². The van der Waals surface area contributed by atoms with Gasteiger partial charge in [0.1, 0.15) is 5.69 Å². The van der Waals surface area contributed by atoms with Gasteiger partial charge in [-0.15, -0.1) is 0 Å². The predicted octanol–water partition coefficient (Wildman–Crippen LogP) is 4.03. The zero-order chi connectivity index (χ0) is 14.8. The minimum atomic E-state index is -0.951. The molecule has 5 heteroatoms. The summed E-state index contributed by atoms with van der Waals surface area (Å²) in [6, 6.07) is 7.61. The van der Waals surface area contributed by atoms with Gasteiger partial charge in [0.25, 0.3) is 0 Å². The Morgan fingerprint density at radius 2 is 2.14 bits per heavy atom. The molecule has 1 aliphatic rings. The Balaban J connectivity index is 2.06. The van der Waals surface area contributed by atoms with Crippen molar-refractivity contribution in [3.05, 3.63) is 51.8 Å². The number of carboxylic acids is 1. The van der Waals surface area contributed by atoms with E-state index >= 15 is 0 Å². The number of benzene rings is 1. The number of hydrogen-bond acceptors (Lipinski definition) is 2. The fraction of sp³-hybridized carbons (Fsp3) is 0.250. The molecule has 0 aliphatic heterocycles. The minimum Gasteiger partial charge on any atom is -0.477 e. The van der Waals surface area contributed by atoms with Crippen LogP contribution in [-0.2, 0) is 6.42 Å². The number of aromatic nitrogens is 2. The number of carboxylic acid groups (broad SMARTS) is 1. The van der Waals surface area contributed by atoms with Gasteiger partial charge in [-0.1, -0.05) is 23.7 Å². The Kier molecular flexibility index (Phi) is 3.80. The number of rotatable bonds is 2. The normalized spacial score (nSPS) is 16.5. The van der Waals surface area contributed by atoms with Crippen molar-refractivity contribution in [3.8, 4) is 0 Å². The molecule has 0 saturated carbocycles. The highest BCUT2D eigenvalue weighted by Crippen LogP contribution is 2.31. The topological polar surface area (TPSA) is 66.0 Å². The van der Waals surface area contributed by atoms with Crippen LogP contribution in [-0.4, -0.2) is 21.3 Å². The van der Waals surface area contributed by atoms with Gasteiger partial charge in [0.15, 0.2) is 0 Å². The van der Waals surface area contributed by atoms with Crippen molar-refractivity contribution in [1.29, 1.82) is 0 Å². The first-order chi connectivity index (χ1) is 10.1. The summed E-state index contributed by atoms with van der Waals surface area (Å²) >= 11 is 6.01. The van der Waals surface area contributed by atoms with Crippen LogP contribution in [0.25, 0.3) is 11.6 Å². The quantitative estimate of drug-likeness (QED) is 0.823. The zero-order valence-corrected chi connectivity index (χ0v) is 12.2. The Morgan fingerprint density at radius 1 is 1.33 bits per heavy atom. The number of carbonyl (C=O) groups is 1. The SMILES string of the molecule is O=C(O)c1[nH]nc2c1CCCC/C2=C\c1cccc(Cl)c1. The van der Waals surface area contributed by atoms with E-state index in [1.807, 2.05) is 30.3 Å². The van der Waals surface area contributed by atoms with Crippen molar-refractivity contribution in [1.82, 2.24) is 10.2 Å². The van der Waals surface area contributed by atoms with Crippen LogP contribution in [0.2, 0.25) is 5.02 Å². The van der Waals surface area contributed by atoms with Gasteiger partial charge in [0.2, 0.25) is 0 Å². The van der Waals surface area contributed by atoms with Crippen LogP contribution in [0.15, 0.2) is 24.3 Å². The van der Waals surface area contributed by atoms with E-state index in [1.165, 1.54) is 0 Å².